The van der Waals surface area contributed by atoms with Gasteiger partial charge in [-0.05, 0) is 64.8 Å². The van der Waals surface area contributed by atoms with Crippen molar-refractivity contribution in [1.29, 1.82) is 0 Å². The highest BCUT2D eigenvalue weighted by Gasteiger charge is 2.12. The van der Waals surface area contributed by atoms with Crippen LogP contribution in [0, 0.1) is 11.8 Å². The lowest BCUT2D eigenvalue weighted by molar-refractivity contribution is -0.0118. The second-order valence-corrected chi connectivity index (χ2v) is 13.5. The van der Waals surface area contributed by atoms with Crippen molar-refractivity contribution in [2.24, 2.45) is 11.8 Å². The molecule has 2 aromatic heterocycles. The summed E-state index contributed by atoms with van der Waals surface area (Å²) in [5, 5.41) is 3.16. The van der Waals surface area contributed by atoms with Gasteiger partial charge in [0, 0.05) is 55.6 Å². The third kappa shape index (κ3) is 26.8. The topological polar surface area (TPSA) is 146 Å². The summed E-state index contributed by atoms with van der Waals surface area (Å²) < 4.78 is 43.5. The summed E-state index contributed by atoms with van der Waals surface area (Å²) in [6.07, 6.45) is 5.49. The molecule has 0 saturated heterocycles. The summed E-state index contributed by atoms with van der Waals surface area (Å²) in [5.74, 6) is 0.929. The molecule has 0 bridgehead atoms. The maximum Gasteiger partial charge on any atom is 0.165 e. The zero-order valence-electron chi connectivity index (χ0n) is 34.3. The molecule has 0 amide bonds. The van der Waals surface area contributed by atoms with Crippen molar-refractivity contribution >= 4 is 17.4 Å². The molecule has 0 fully saturated rings. The molecular weight excluding hydrogens is 694 g/mol. The van der Waals surface area contributed by atoms with Crippen molar-refractivity contribution in [2.75, 3.05) is 104 Å². The highest BCUT2D eigenvalue weighted by Crippen LogP contribution is 2.12. The Bertz CT molecular complexity index is 1140. The first-order chi connectivity index (χ1) is 26.0. The fraction of sp³-hybridized carbons (Fsp3) is 0.707. The first-order valence-corrected chi connectivity index (χ1v) is 19.4. The number of carbonyl (C=O) groups is 2. The number of aromatic nitrogens is 2. The number of nitrogens with one attached hydrogen (secondary N) is 1. The van der Waals surface area contributed by atoms with Crippen molar-refractivity contribution in [1.82, 2.24) is 9.97 Å². The Morgan fingerprint density at radius 1 is 0.556 bits per heavy atom. The number of aryl methyl sites for hydroxylation is 1. The van der Waals surface area contributed by atoms with Crippen LogP contribution in [0.3, 0.4) is 0 Å². The second-order valence-electron chi connectivity index (χ2n) is 13.5. The molecule has 0 spiro atoms. The van der Waals surface area contributed by atoms with Crippen LogP contribution in [0.25, 0.3) is 0 Å². The number of Topliss-reactive ketones (excluding diaryl/α,β-unsaturated/α-hetero) is 2. The minimum Gasteiger partial charge on any atom is -0.379 e. The van der Waals surface area contributed by atoms with Gasteiger partial charge >= 0.3 is 0 Å². The van der Waals surface area contributed by atoms with Gasteiger partial charge in [-0.3, -0.25) is 14.6 Å². The summed E-state index contributed by atoms with van der Waals surface area (Å²) in [4.78, 5) is 32.5. The van der Waals surface area contributed by atoms with E-state index in [1.54, 1.807) is 30.6 Å². The molecule has 2 aromatic rings. The zero-order valence-corrected chi connectivity index (χ0v) is 34.3. The van der Waals surface area contributed by atoms with Gasteiger partial charge in [0.25, 0.3) is 0 Å². The molecule has 2 rings (SSSR count). The fourth-order valence-corrected chi connectivity index (χ4v) is 4.49. The Labute approximate surface area is 326 Å². The standard InChI is InChI=1S/C21H35NO5.C20H34N2O5.H2/c1-17(2)21(23)19-7-8-22-20(16-19)6-5-9-24-10-11-25-12-13-26-14-15-27-18(3)4;1-16(2)20(23)18-5-6-21-19(15-18)22-7-8-24-9-10-25-11-12-26-13-14-27-17(3)4;/h7-8,16-18H,5-6,9-15H2,1-4H3;5-6,15-17H,7-14H2,1-4H3,(H,21,22);1H. The highest BCUT2D eigenvalue weighted by atomic mass is 16.6. The maximum atomic E-state index is 12.0. The molecule has 1 N–H and O–H groups in total. The number of nitrogens with zero attached hydrogens (tertiary/aromatic N) is 2. The monoisotopic (exact) mass is 766 g/mol. The van der Waals surface area contributed by atoms with Crippen LogP contribution in [0.1, 0.15) is 89.6 Å². The van der Waals surface area contributed by atoms with E-state index in [1.165, 1.54) is 0 Å². The van der Waals surface area contributed by atoms with Gasteiger partial charge in [0.2, 0.25) is 0 Å². The predicted octanol–water partition coefficient (Wildman–Crippen LogP) is 6.38. The van der Waals surface area contributed by atoms with Gasteiger partial charge in [-0.15, -0.1) is 0 Å². The Hall–Kier alpha value is -2.88. The van der Waals surface area contributed by atoms with E-state index < -0.39 is 0 Å². The van der Waals surface area contributed by atoms with Gasteiger partial charge in [0.15, 0.2) is 11.6 Å². The van der Waals surface area contributed by atoms with Crippen LogP contribution < -0.4 is 5.32 Å². The Morgan fingerprint density at radius 3 is 1.43 bits per heavy atom. The lowest BCUT2D eigenvalue weighted by Gasteiger charge is -2.10. The molecule has 13 heteroatoms. The van der Waals surface area contributed by atoms with E-state index in [0.717, 1.165) is 24.1 Å². The SMILES string of the molecule is CC(C)OCCOCCOCCOCCCc1cc(C(=O)C(C)C)ccn1.CC(C)OCCOCCOCCOCCNc1cc(C(=O)C(C)C)ccn1.[HH]. The Kier molecular flexibility index (Phi) is 29.5. The highest BCUT2D eigenvalue weighted by molar-refractivity contribution is 5.98. The third-order valence-corrected chi connectivity index (χ3v) is 7.31. The van der Waals surface area contributed by atoms with E-state index in [1.807, 2.05) is 61.5 Å². The molecule has 310 valence electrons. The summed E-state index contributed by atoms with van der Waals surface area (Å²) in [6.45, 7) is 24.2. The molecule has 0 radical (unpaired) electrons. The van der Waals surface area contributed by atoms with E-state index in [4.69, 9.17) is 37.9 Å². The molecule has 0 aromatic carbocycles. The van der Waals surface area contributed by atoms with E-state index in [2.05, 4.69) is 15.3 Å². The lowest BCUT2D eigenvalue weighted by Crippen LogP contribution is -2.15. The molecule has 0 saturated carbocycles. The van der Waals surface area contributed by atoms with Crippen LogP contribution in [0.15, 0.2) is 36.7 Å². The number of pyridine rings is 2. The molecular formula is C41H71N3O10. The van der Waals surface area contributed by atoms with Gasteiger partial charge < -0.3 is 43.2 Å². The smallest absolute Gasteiger partial charge is 0.165 e. The Morgan fingerprint density at radius 2 is 0.963 bits per heavy atom. The first kappa shape index (κ1) is 49.1. The largest absolute Gasteiger partial charge is 0.379 e. The molecule has 0 aliphatic rings. The number of hydrogen-bond donors (Lipinski definition) is 1. The van der Waals surface area contributed by atoms with E-state index in [0.29, 0.717) is 110 Å². The number of ether oxygens (including phenoxy) is 8. The van der Waals surface area contributed by atoms with E-state index >= 15 is 0 Å². The van der Waals surface area contributed by atoms with Gasteiger partial charge in [-0.1, -0.05) is 27.7 Å². The summed E-state index contributed by atoms with van der Waals surface area (Å²) >= 11 is 0. The number of ketones is 2. The van der Waals surface area contributed by atoms with Gasteiger partial charge in [0.1, 0.15) is 5.82 Å². The van der Waals surface area contributed by atoms with Crippen molar-refractivity contribution in [3.63, 3.8) is 0 Å². The summed E-state index contributed by atoms with van der Waals surface area (Å²) in [6, 6.07) is 7.18. The normalized spacial score (nSPS) is 11.4. The van der Waals surface area contributed by atoms with Gasteiger partial charge in [-0.25, -0.2) is 4.98 Å². The number of rotatable bonds is 32. The maximum absolute atomic E-state index is 12.0. The quantitative estimate of drug-likeness (QED) is 0.0650. The lowest BCUT2D eigenvalue weighted by atomic mass is 10.0. The minimum absolute atomic E-state index is 0. The average molecular weight is 766 g/mol. The summed E-state index contributed by atoms with van der Waals surface area (Å²) in [5.41, 5.74) is 2.34. The van der Waals surface area contributed by atoms with Crippen LogP contribution in [0.5, 0.6) is 0 Å². The average Bonchev–Trinajstić information content (AvgIpc) is 3.15. The number of carbonyl (C=O) groups excluding carboxylic acids is 2. The first-order valence-electron chi connectivity index (χ1n) is 19.4. The summed E-state index contributed by atoms with van der Waals surface area (Å²) in [7, 11) is 0. The Balaban J connectivity index is 0.00000104. The van der Waals surface area contributed by atoms with Crippen LogP contribution in [0.2, 0.25) is 0 Å². The molecule has 0 aliphatic carbocycles. The second kappa shape index (κ2) is 32.4. The van der Waals surface area contributed by atoms with Crippen LogP contribution in [0.4, 0.5) is 5.82 Å². The third-order valence-electron chi connectivity index (χ3n) is 7.31. The number of hydrogen-bond acceptors (Lipinski definition) is 13. The van der Waals surface area contributed by atoms with Crippen molar-refractivity contribution < 1.29 is 48.9 Å². The minimum atomic E-state index is -0.0256. The van der Waals surface area contributed by atoms with Gasteiger partial charge in [-0.2, -0.15) is 0 Å². The molecule has 13 nitrogen and oxygen atoms in total. The fourth-order valence-electron chi connectivity index (χ4n) is 4.49. The van der Waals surface area contributed by atoms with Crippen LogP contribution in [-0.4, -0.2) is 133 Å². The van der Waals surface area contributed by atoms with Gasteiger partial charge in [0.05, 0.1) is 98.1 Å². The molecule has 0 atom stereocenters. The van der Waals surface area contributed by atoms with Crippen LogP contribution >= 0.6 is 0 Å². The van der Waals surface area contributed by atoms with E-state index in [-0.39, 0.29) is 37.0 Å². The molecule has 0 aliphatic heterocycles. The van der Waals surface area contributed by atoms with Crippen molar-refractivity contribution in [2.45, 2.75) is 80.4 Å². The number of anilines is 1. The molecule has 54 heavy (non-hydrogen) atoms. The van der Waals surface area contributed by atoms with Crippen molar-refractivity contribution in [3.8, 4) is 0 Å². The predicted molar refractivity (Wildman–Crippen MR) is 213 cm³/mol. The van der Waals surface area contributed by atoms with E-state index in [9.17, 15) is 9.59 Å². The molecule has 2 heterocycles. The zero-order chi connectivity index (χ0) is 39.8. The van der Waals surface area contributed by atoms with Crippen LogP contribution in [-0.2, 0) is 44.3 Å². The molecule has 0 unspecified atom stereocenters. The van der Waals surface area contributed by atoms with Crippen molar-refractivity contribution in [3.05, 3.63) is 53.5 Å².